The number of aromatic nitrogens is 2. The second kappa shape index (κ2) is 3.67. The van der Waals surface area contributed by atoms with Crippen LogP contribution in [0.25, 0.3) is 0 Å². The summed E-state index contributed by atoms with van der Waals surface area (Å²) in [5, 5.41) is 0. The first-order valence-corrected chi connectivity index (χ1v) is 8.14. The molecule has 3 fully saturated rings. The molecule has 0 radical (unpaired) electrons. The predicted molar refractivity (Wildman–Crippen MR) is 68.4 cm³/mol. The zero-order valence-electron chi connectivity index (χ0n) is 10.4. The lowest BCUT2D eigenvalue weighted by molar-refractivity contribution is 0.456. The van der Waals surface area contributed by atoms with Gasteiger partial charge in [0.1, 0.15) is 4.90 Å². The molecule has 4 rings (SSSR count). The number of hydrogen-bond donors (Lipinski definition) is 2. The number of sulfonamides is 1. The Morgan fingerprint density at radius 2 is 1.74 bits per heavy atom. The van der Waals surface area contributed by atoms with Crippen LogP contribution in [0.4, 0.5) is 5.95 Å². The molecule has 7 heteroatoms. The molecule has 19 heavy (non-hydrogen) atoms. The molecule has 3 aliphatic carbocycles. The van der Waals surface area contributed by atoms with Crippen molar-refractivity contribution in [3.05, 3.63) is 12.4 Å². The summed E-state index contributed by atoms with van der Waals surface area (Å²) >= 11 is 0. The van der Waals surface area contributed by atoms with Crippen molar-refractivity contribution >= 4 is 16.0 Å². The standard InChI is InChI=1S/C12H16N4O2S/c13-12-14-4-8(5-15-12)19(17,18)16-11-9-6-1-2-7(3-6)10(9)11/h4-7,9-11,16H,1-3H2,(H2,13,14,15). The quantitative estimate of drug-likeness (QED) is 0.834. The summed E-state index contributed by atoms with van der Waals surface area (Å²) in [4.78, 5) is 7.57. The molecule has 3 aliphatic rings. The van der Waals surface area contributed by atoms with Gasteiger partial charge in [0.25, 0.3) is 0 Å². The van der Waals surface area contributed by atoms with Crippen LogP contribution in [0.1, 0.15) is 19.3 Å². The van der Waals surface area contributed by atoms with Gasteiger partial charge in [-0.05, 0) is 42.9 Å². The fraction of sp³-hybridized carbons (Fsp3) is 0.667. The highest BCUT2D eigenvalue weighted by atomic mass is 32.2. The van der Waals surface area contributed by atoms with E-state index in [-0.39, 0.29) is 16.9 Å². The summed E-state index contributed by atoms with van der Waals surface area (Å²) in [6.45, 7) is 0. The Hall–Kier alpha value is -1.21. The average molecular weight is 280 g/mol. The van der Waals surface area contributed by atoms with E-state index in [1.807, 2.05) is 0 Å². The molecule has 102 valence electrons. The lowest BCUT2D eigenvalue weighted by Crippen LogP contribution is -2.30. The normalized spacial score (nSPS) is 39.3. The summed E-state index contributed by atoms with van der Waals surface area (Å²) in [5.74, 6) is 2.71. The number of rotatable bonds is 3. The molecule has 1 aromatic heterocycles. The highest BCUT2D eigenvalue weighted by Gasteiger charge is 2.65. The zero-order chi connectivity index (χ0) is 13.2. The maximum absolute atomic E-state index is 12.2. The van der Waals surface area contributed by atoms with Crippen molar-refractivity contribution in [1.82, 2.24) is 14.7 Å². The Labute approximate surface area is 111 Å². The van der Waals surface area contributed by atoms with Crippen LogP contribution in [0.2, 0.25) is 0 Å². The second-order valence-corrected chi connectivity index (χ2v) is 7.63. The molecule has 6 nitrogen and oxygen atoms in total. The largest absolute Gasteiger partial charge is 0.368 e. The van der Waals surface area contributed by atoms with Gasteiger partial charge in [0, 0.05) is 6.04 Å². The van der Waals surface area contributed by atoms with Gasteiger partial charge < -0.3 is 5.73 Å². The van der Waals surface area contributed by atoms with E-state index in [4.69, 9.17) is 5.73 Å². The number of hydrogen-bond acceptors (Lipinski definition) is 5. The number of nitrogens with zero attached hydrogens (tertiary/aromatic N) is 2. The lowest BCUT2D eigenvalue weighted by Gasteiger charge is -2.10. The number of nitrogens with one attached hydrogen (secondary N) is 1. The first kappa shape index (κ1) is 11.6. The molecule has 0 amide bonds. The van der Waals surface area contributed by atoms with E-state index >= 15 is 0 Å². The first-order valence-electron chi connectivity index (χ1n) is 6.66. The van der Waals surface area contributed by atoms with Crippen molar-refractivity contribution in [3.8, 4) is 0 Å². The summed E-state index contributed by atoms with van der Waals surface area (Å²) in [7, 11) is -3.51. The van der Waals surface area contributed by atoms with E-state index < -0.39 is 10.0 Å². The van der Waals surface area contributed by atoms with Gasteiger partial charge in [-0.2, -0.15) is 0 Å². The molecule has 1 heterocycles. The average Bonchev–Trinajstić information content (AvgIpc) is 2.78. The van der Waals surface area contributed by atoms with Gasteiger partial charge in [-0.3, -0.25) is 0 Å². The van der Waals surface area contributed by atoms with Crippen molar-refractivity contribution in [1.29, 1.82) is 0 Å². The highest BCUT2D eigenvalue weighted by molar-refractivity contribution is 7.89. The van der Waals surface area contributed by atoms with Crippen molar-refractivity contribution in [2.75, 3.05) is 5.73 Å². The first-order chi connectivity index (χ1) is 9.06. The Morgan fingerprint density at radius 3 is 2.32 bits per heavy atom. The van der Waals surface area contributed by atoms with Gasteiger partial charge in [0.05, 0.1) is 12.4 Å². The van der Waals surface area contributed by atoms with E-state index in [2.05, 4.69) is 14.7 Å². The Balaban J connectivity index is 1.53. The number of anilines is 1. The van der Waals surface area contributed by atoms with Crippen LogP contribution in [0.15, 0.2) is 17.3 Å². The summed E-state index contributed by atoms with van der Waals surface area (Å²) < 4.78 is 27.3. The van der Waals surface area contributed by atoms with Gasteiger partial charge in [0.15, 0.2) is 0 Å². The van der Waals surface area contributed by atoms with Crippen molar-refractivity contribution in [2.45, 2.75) is 30.2 Å². The van der Waals surface area contributed by atoms with Crippen LogP contribution in [-0.2, 0) is 10.0 Å². The molecule has 2 bridgehead atoms. The third-order valence-electron chi connectivity index (χ3n) is 4.98. The van der Waals surface area contributed by atoms with Gasteiger partial charge in [-0.25, -0.2) is 23.1 Å². The fourth-order valence-corrected chi connectivity index (χ4v) is 5.39. The van der Waals surface area contributed by atoms with E-state index in [1.165, 1.54) is 31.7 Å². The van der Waals surface area contributed by atoms with Gasteiger partial charge >= 0.3 is 0 Å². The maximum Gasteiger partial charge on any atom is 0.243 e. The SMILES string of the molecule is Nc1ncc(S(=O)(=O)NC2C3C4CCC(C4)C23)cn1. The van der Waals surface area contributed by atoms with Gasteiger partial charge in [0.2, 0.25) is 16.0 Å². The Bertz CT molecular complexity index is 599. The summed E-state index contributed by atoms with van der Waals surface area (Å²) in [5.41, 5.74) is 5.37. The maximum atomic E-state index is 12.2. The lowest BCUT2D eigenvalue weighted by atomic mass is 10.0. The van der Waals surface area contributed by atoms with Crippen molar-refractivity contribution in [3.63, 3.8) is 0 Å². The number of nitrogen functional groups attached to an aromatic ring is 1. The third-order valence-corrected chi connectivity index (χ3v) is 6.40. The van der Waals surface area contributed by atoms with Crippen LogP contribution in [-0.4, -0.2) is 24.4 Å². The minimum absolute atomic E-state index is 0.0836. The van der Waals surface area contributed by atoms with Crippen LogP contribution < -0.4 is 10.5 Å². The van der Waals surface area contributed by atoms with Crippen LogP contribution in [0.3, 0.4) is 0 Å². The molecular formula is C12H16N4O2S. The minimum atomic E-state index is -3.51. The van der Waals surface area contributed by atoms with E-state index in [0.717, 1.165) is 11.8 Å². The molecule has 0 aromatic carbocycles. The van der Waals surface area contributed by atoms with E-state index in [9.17, 15) is 8.42 Å². The topological polar surface area (TPSA) is 98.0 Å². The van der Waals surface area contributed by atoms with E-state index in [1.54, 1.807) is 0 Å². The van der Waals surface area contributed by atoms with Crippen LogP contribution >= 0.6 is 0 Å². The Kier molecular flexibility index (Phi) is 2.24. The van der Waals surface area contributed by atoms with Crippen molar-refractivity contribution in [2.24, 2.45) is 23.7 Å². The molecule has 1 aromatic rings. The molecule has 0 aliphatic heterocycles. The highest BCUT2D eigenvalue weighted by Crippen LogP contribution is 2.65. The molecule has 0 spiro atoms. The molecular weight excluding hydrogens is 264 g/mol. The monoisotopic (exact) mass is 280 g/mol. The van der Waals surface area contributed by atoms with Crippen LogP contribution in [0, 0.1) is 23.7 Å². The van der Waals surface area contributed by atoms with E-state index in [0.29, 0.717) is 11.8 Å². The van der Waals surface area contributed by atoms with Crippen LogP contribution in [0.5, 0.6) is 0 Å². The number of fused-ring (bicyclic) bond motifs is 5. The zero-order valence-corrected chi connectivity index (χ0v) is 11.2. The number of nitrogens with two attached hydrogens (primary N) is 1. The van der Waals surface area contributed by atoms with Gasteiger partial charge in [-0.15, -0.1) is 0 Å². The molecule has 3 N–H and O–H groups in total. The summed E-state index contributed by atoms with van der Waals surface area (Å²) in [6, 6.07) is 0.133. The second-order valence-electron chi connectivity index (χ2n) is 5.91. The fourth-order valence-electron chi connectivity index (χ4n) is 4.20. The van der Waals surface area contributed by atoms with Gasteiger partial charge in [-0.1, -0.05) is 0 Å². The summed E-state index contributed by atoms with van der Waals surface area (Å²) in [6.07, 6.45) is 6.37. The van der Waals surface area contributed by atoms with Crippen molar-refractivity contribution < 1.29 is 8.42 Å². The predicted octanol–water partition coefficient (Wildman–Crippen LogP) is 0.382. The molecule has 0 saturated heterocycles. The minimum Gasteiger partial charge on any atom is -0.368 e. The third kappa shape index (κ3) is 1.68. The molecule has 3 saturated carbocycles. The molecule has 4 unspecified atom stereocenters. The smallest absolute Gasteiger partial charge is 0.243 e. The Morgan fingerprint density at radius 1 is 1.16 bits per heavy atom. The molecule has 4 atom stereocenters.